The van der Waals surface area contributed by atoms with Gasteiger partial charge in [-0.2, -0.15) is 5.10 Å². The number of hydrazone groups is 1. The summed E-state index contributed by atoms with van der Waals surface area (Å²) in [7, 11) is 4.65. The summed E-state index contributed by atoms with van der Waals surface area (Å²) in [6.07, 6.45) is 4.82. The molecule has 2 rings (SSSR count). The van der Waals surface area contributed by atoms with Crippen LogP contribution in [0.1, 0.15) is 42.1 Å². The summed E-state index contributed by atoms with van der Waals surface area (Å²) in [5.41, 5.74) is 3.68. The minimum Gasteiger partial charge on any atom is -0.493 e. The lowest BCUT2D eigenvalue weighted by atomic mass is 10.2. The lowest BCUT2D eigenvalue weighted by Crippen LogP contribution is -2.17. The highest BCUT2D eigenvalue weighted by Crippen LogP contribution is 2.28. The maximum atomic E-state index is 12.3. The number of carbonyl (C=O) groups excluding carboxylic acids is 1. The van der Waals surface area contributed by atoms with Crippen molar-refractivity contribution in [3.63, 3.8) is 0 Å². The van der Waals surface area contributed by atoms with Crippen molar-refractivity contribution in [2.24, 2.45) is 5.10 Å². The second-order valence-electron chi connectivity index (χ2n) is 6.23. The van der Waals surface area contributed by atoms with E-state index in [-0.39, 0.29) is 5.91 Å². The molecule has 0 atom stereocenters. The fourth-order valence-electron chi connectivity index (χ4n) is 2.63. The summed E-state index contributed by atoms with van der Waals surface area (Å²) in [5, 5.41) is 4.01. The minimum atomic E-state index is -0.356. The zero-order valence-electron chi connectivity index (χ0n) is 17.4. The summed E-state index contributed by atoms with van der Waals surface area (Å²) in [6.45, 7) is 2.80. The average molecular weight is 400 g/mol. The fourth-order valence-corrected chi connectivity index (χ4v) is 2.63. The van der Waals surface area contributed by atoms with E-state index in [1.165, 1.54) is 14.2 Å². The molecular weight excluding hydrogens is 372 g/mol. The lowest BCUT2D eigenvalue weighted by molar-refractivity contribution is 0.0954. The van der Waals surface area contributed by atoms with Crippen molar-refractivity contribution in [1.29, 1.82) is 0 Å². The number of nitrogens with one attached hydrogen (secondary N) is 1. The van der Waals surface area contributed by atoms with Gasteiger partial charge in [-0.3, -0.25) is 4.79 Å². The molecule has 156 valence electrons. The first kappa shape index (κ1) is 22.1. The molecular formula is C22H28N2O5. The molecule has 0 fully saturated rings. The van der Waals surface area contributed by atoms with Gasteiger partial charge in [0.25, 0.3) is 5.91 Å². The number of rotatable bonds is 11. The van der Waals surface area contributed by atoms with E-state index in [9.17, 15) is 4.79 Å². The number of amides is 1. The second-order valence-corrected chi connectivity index (χ2v) is 6.23. The predicted molar refractivity (Wildman–Crippen MR) is 113 cm³/mol. The molecule has 0 unspecified atom stereocenters. The molecule has 0 aromatic heterocycles. The van der Waals surface area contributed by atoms with Gasteiger partial charge in [-0.1, -0.05) is 19.8 Å². The molecule has 1 N–H and O–H groups in total. The molecule has 0 aliphatic heterocycles. The van der Waals surface area contributed by atoms with E-state index < -0.39 is 0 Å². The normalized spacial score (nSPS) is 10.6. The van der Waals surface area contributed by atoms with Crippen LogP contribution in [0.25, 0.3) is 0 Å². The van der Waals surface area contributed by atoms with Gasteiger partial charge in [-0.25, -0.2) is 5.43 Å². The number of methoxy groups -OCH3 is 3. The molecule has 0 aliphatic rings. The highest BCUT2D eigenvalue weighted by atomic mass is 16.5. The van der Waals surface area contributed by atoms with Crippen molar-refractivity contribution in [2.45, 2.75) is 26.2 Å². The number of unbranched alkanes of at least 4 members (excludes halogenated alkanes) is 2. The molecule has 2 aromatic rings. The Kier molecular flexibility index (Phi) is 8.82. The summed E-state index contributed by atoms with van der Waals surface area (Å²) in [5.74, 6) is 1.98. The van der Waals surface area contributed by atoms with E-state index in [2.05, 4.69) is 17.5 Å². The summed E-state index contributed by atoms with van der Waals surface area (Å²) in [6, 6.07) is 10.4. The molecule has 7 nitrogen and oxygen atoms in total. The van der Waals surface area contributed by atoms with Crippen LogP contribution in [0.5, 0.6) is 23.0 Å². The SMILES string of the molecule is CCCCCOc1ccc(/C=N/NC(=O)c2ccc(OC)c(OC)c2)cc1OC. The first-order chi connectivity index (χ1) is 14.1. The summed E-state index contributed by atoms with van der Waals surface area (Å²) < 4.78 is 21.5. The molecule has 0 saturated carbocycles. The quantitative estimate of drug-likeness (QED) is 0.350. The van der Waals surface area contributed by atoms with E-state index in [0.717, 1.165) is 24.8 Å². The summed E-state index contributed by atoms with van der Waals surface area (Å²) >= 11 is 0. The van der Waals surface area contributed by atoms with E-state index in [0.29, 0.717) is 35.2 Å². The Hall–Kier alpha value is -3.22. The Morgan fingerprint density at radius 2 is 1.62 bits per heavy atom. The Morgan fingerprint density at radius 1 is 0.931 bits per heavy atom. The molecule has 2 aromatic carbocycles. The average Bonchev–Trinajstić information content (AvgIpc) is 2.76. The van der Waals surface area contributed by atoms with E-state index in [4.69, 9.17) is 18.9 Å². The van der Waals surface area contributed by atoms with Crippen LogP contribution in [0.3, 0.4) is 0 Å². The maximum Gasteiger partial charge on any atom is 0.271 e. The number of benzene rings is 2. The van der Waals surface area contributed by atoms with Gasteiger partial charge in [-0.15, -0.1) is 0 Å². The minimum absolute atomic E-state index is 0.356. The molecule has 0 radical (unpaired) electrons. The van der Waals surface area contributed by atoms with E-state index in [1.807, 2.05) is 12.1 Å². The topological polar surface area (TPSA) is 78.4 Å². The number of ether oxygens (including phenoxy) is 4. The van der Waals surface area contributed by atoms with Gasteiger partial charge in [0.05, 0.1) is 34.2 Å². The number of hydrogen-bond donors (Lipinski definition) is 1. The molecule has 0 saturated heterocycles. The Bertz CT molecular complexity index is 836. The Balaban J connectivity index is 1.99. The van der Waals surface area contributed by atoms with Crippen LogP contribution < -0.4 is 24.4 Å². The van der Waals surface area contributed by atoms with Gasteiger partial charge in [0.2, 0.25) is 0 Å². The second kappa shape index (κ2) is 11.6. The molecule has 7 heteroatoms. The molecule has 29 heavy (non-hydrogen) atoms. The van der Waals surface area contributed by atoms with Crippen molar-refractivity contribution in [1.82, 2.24) is 5.43 Å². The van der Waals surface area contributed by atoms with Crippen molar-refractivity contribution in [3.05, 3.63) is 47.5 Å². The lowest BCUT2D eigenvalue weighted by Gasteiger charge is -2.11. The zero-order chi connectivity index (χ0) is 21.1. The van der Waals surface area contributed by atoms with Crippen molar-refractivity contribution < 1.29 is 23.7 Å². The van der Waals surface area contributed by atoms with Crippen LogP contribution in [0.15, 0.2) is 41.5 Å². The number of hydrogen-bond acceptors (Lipinski definition) is 6. The fraction of sp³-hybridized carbons (Fsp3) is 0.364. The molecule has 0 spiro atoms. The smallest absolute Gasteiger partial charge is 0.271 e. The highest BCUT2D eigenvalue weighted by molar-refractivity contribution is 5.95. The standard InChI is InChI=1S/C22H28N2O5/c1-5-6-7-12-29-19-10-8-16(13-20(19)27-3)15-23-24-22(25)17-9-11-18(26-2)21(14-17)28-4/h8-11,13-15H,5-7,12H2,1-4H3,(H,24,25)/b23-15+. The van der Waals surface area contributed by atoms with Gasteiger partial charge in [0.15, 0.2) is 23.0 Å². The Labute approximate surface area is 171 Å². The van der Waals surface area contributed by atoms with Crippen LogP contribution in [-0.4, -0.2) is 40.1 Å². The van der Waals surface area contributed by atoms with Gasteiger partial charge in [-0.05, 0) is 48.4 Å². The molecule has 0 heterocycles. The third-order valence-corrected chi connectivity index (χ3v) is 4.22. The maximum absolute atomic E-state index is 12.3. The van der Waals surface area contributed by atoms with Crippen LogP contribution in [0.2, 0.25) is 0 Å². The van der Waals surface area contributed by atoms with E-state index in [1.54, 1.807) is 37.6 Å². The first-order valence-corrected chi connectivity index (χ1v) is 9.49. The highest BCUT2D eigenvalue weighted by Gasteiger charge is 2.10. The largest absolute Gasteiger partial charge is 0.493 e. The zero-order valence-corrected chi connectivity index (χ0v) is 17.4. The van der Waals surface area contributed by atoms with Crippen LogP contribution in [0.4, 0.5) is 0 Å². The van der Waals surface area contributed by atoms with Gasteiger partial charge < -0.3 is 18.9 Å². The van der Waals surface area contributed by atoms with Crippen molar-refractivity contribution >= 4 is 12.1 Å². The van der Waals surface area contributed by atoms with Gasteiger partial charge in [0, 0.05) is 5.56 Å². The van der Waals surface area contributed by atoms with Crippen LogP contribution >= 0.6 is 0 Å². The molecule has 0 aliphatic carbocycles. The third-order valence-electron chi connectivity index (χ3n) is 4.22. The third kappa shape index (κ3) is 6.41. The van der Waals surface area contributed by atoms with Gasteiger partial charge >= 0.3 is 0 Å². The number of carbonyl (C=O) groups is 1. The number of nitrogens with zero attached hydrogens (tertiary/aromatic N) is 1. The molecule has 1 amide bonds. The Morgan fingerprint density at radius 3 is 2.31 bits per heavy atom. The van der Waals surface area contributed by atoms with Crippen molar-refractivity contribution in [2.75, 3.05) is 27.9 Å². The predicted octanol–water partition coefficient (Wildman–Crippen LogP) is 4.05. The van der Waals surface area contributed by atoms with Gasteiger partial charge in [0.1, 0.15) is 0 Å². The van der Waals surface area contributed by atoms with E-state index >= 15 is 0 Å². The monoisotopic (exact) mass is 400 g/mol. The van der Waals surface area contributed by atoms with Crippen LogP contribution in [-0.2, 0) is 0 Å². The molecule has 0 bridgehead atoms. The summed E-state index contributed by atoms with van der Waals surface area (Å²) in [4.78, 5) is 12.3. The van der Waals surface area contributed by atoms with Crippen molar-refractivity contribution in [3.8, 4) is 23.0 Å². The first-order valence-electron chi connectivity index (χ1n) is 9.49. The van der Waals surface area contributed by atoms with Crippen LogP contribution in [0, 0.1) is 0 Å².